The molecule has 2 aromatic rings. The smallest absolute Gasteiger partial charge is 0.223 e. The van der Waals surface area contributed by atoms with E-state index in [1.165, 1.54) is 5.56 Å². The summed E-state index contributed by atoms with van der Waals surface area (Å²) in [4.78, 5) is 24.3. The SMILES string of the molecule is O=C(NCCc1ccccc1)C1CC1C(=O)NCCc1ccc(Cl)cc1. The van der Waals surface area contributed by atoms with E-state index in [-0.39, 0.29) is 23.7 Å². The summed E-state index contributed by atoms with van der Waals surface area (Å²) < 4.78 is 0. The van der Waals surface area contributed by atoms with Crippen molar-refractivity contribution >= 4 is 23.4 Å². The van der Waals surface area contributed by atoms with E-state index in [4.69, 9.17) is 11.6 Å². The molecule has 0 aliphatic heterocycles. The molecular formula is C21H23ClN2O2. The lowest BCUT2D eigenvalue weighted by atomic mass is 10.1. The Morgan fingerprint density at radius 1 is 0.808 bits per heavy atom. The van der Waals surface area contributed by atoms with E-state index in [0.29, 0.717) is 24.5 Å². The summed E-state index contributed by atoms with van der Waals surface area (Å²) in [5.74, 6) is -0.404. The predicted molar refractivity (Wildman–Crippen MR) is 103 cm³/mol. The molecule has 3 rings (SSSR count). The summed E-state index contributed by atoms with van der Waals surface area (Å²) in [5, 5.41) is 6.56. The first-order valence-electron chi connectivity index (χ1n) is 8.97. The van der Waals surface area contributed by atoms with Crippen LogP contribution in [0.5, 0.6) is 0 Å². The summed E-state index contributed by atoms with van der Waals surface area (Å²) in [7, 11) is 0. The number of hydrogen-bond acceptors (Lipinski definition) is 2. The van der Waals surface area contributed by atoms with Crippen molar-refractivity contribution in [1.82, 2.24) is 10.6 Å². The van der Waals surface area contributed by atoms with Crippen LogP contribution in [0.25, 0.3) is 0 Å². The van der Waals surface area contributed by atoms with E-state index in [2.05, 4.69) is 10.6 Å². The minimum atomic E-state index is -0.183. The Morgan fingerprint density at radius 3 is 1.85 bits per heavy atom. The van der Waals surface area contributed by atoms with Crippen molar-refractivity contribution in [3.05, 3.63) is 70.7 Å². The van der Waals surface area contributed by atoms with Gasteiger partial charge in [-0.2, -0.15) is 0 Å². The maximum atomic E-state index is 12.1. The van der Waals surface area contributed by atoms with Gasteiger partial charge in [0.15, 0.2) is 0 Å². The highest BCUT2D eigenvalue weighted by molar-refractivity contribution is 6.30. The van der Waals surface area contributed by atoms with Gasteiger partial charge >= 0.3 is 0 Å². The van der Waals surface area contributed by atoms with Crippen molar-refractivity contribution in [3.63, 3.8) is 0 Å². The molecule has 1 saturated carbocycles. The molecule has 1 aliphatic carbocycles. The average Bonchev–Trinajstić information content (AvgIpc) is 3.45. The molecule has 2 atom stereocenters. The second-order valence-corrected chi connectivity index (χ2v) is 7.08. The van der Waals surface area contributed by atoms with E-state index in [1.807, 2.05) is 54.6 Å². The number of halogens is 1. The second kappa shape index (κ2) is 8.86. The molecule has 0 saturated heterocycles. The van der Waals surface area contributed by atoms with Crippen LogP contribution in [-0.2, 0) is 22.4 Å². The van der Waals surface area contributed by atoms with Gasteiger partial charge in [0.25, 0.3) is 0 Å². The molecule has 0 aromatic heterocycles. The number of amides is 2. The fourth-order valence-electron chi connectivity index (χ4n) is 2.99. The molecule has 1 fully saturated rings. The Bertz CT molecular complexity index is 746. The molecule has 2 aromatic carbocycles. The van der Waals surface area contributed by atoms with Gasteiger partial charge in [0, 0.05) is 18.1 Å². The highest BCUT2D eigenvalue weighted by Gasteiger charge is 2.47. The normalized spacial score (nSPS) is 18.2. The van der Waals surface area contributed by atoms with Gasteiger partial charge in [-0.05, 0) is 42.5 Å². The number of rotatable bonds is 8. The van der Waals surface area contributed by atoms with E-state index >= 15 is 0 Å². The third kappa shape index (κ3) is 5.33. The average molecular weight is 371 g/mol. The molecule has 5 heteroatoms. The van der Waals surface area contributed by atoms with Gasteiger partial charge in [0.1, 0.15) is 0 Å². The molecule has 0 radical (unpaired) electrons. The van der Waals surface area contributed by atoms with Gasteiger partial charge < -0.3 is 10.6 Å². The van der Waals surface area contributed by atoms with Crippen molar-refractivity contribution in [2.24, 2.45) is 11.8 Å². The lowest BCUT2D eigenvalue weighted by Gasteiger charge is -2.07. The third-order valence-electron chi connectivity index (χ3n) is 4.65. The predicted octanol–water partition coefficient (Wildman–Crippen LogP) is 2.99. The summed E-state index contributed by atoms with van der Waals surface area (Å²) in [6.45, 7) is 1.17. The van der Waals surface area contributed by atoms with E-state index < -0.39 is 0 Å². The molecule has 26 heavy (non-hydrogen) atoms. The zero-order valence-electron chi connectivity index (χ0n) is 14.6. The molecule has 2 N–H and O–H groups in total. The van der Waals surface area contributed by atoms with Gasteiger partial charge in [0.05, 0.1) is 11.8 Å². The van der Waals surface area contributed by atoms with Gasteiger partial charge in [-0.3, -0.25) is 9.59 Å². The Kier molecular flexibility index (Phi) is 6.29. The van der Waals surface area contributed by atoms with Gasteiger partial charge in [0.2, 0.25) is 11.8 Å². The van der Waals surface area contributed by atoms with Crippen LogP contribution in [0.3, 0.4) is 0 Å². The van der Waals surface area contributed by atoms with Crippen LogP contribution < -0.4 is 10.6 Å². The molecule has 2 unspecified atom stereocenters. The van der Waals surface area contributed by atoms with Crippen LogP contribution in [0.2, 0.25) is 5.02 Å². The summed E-state index contributed by atoms with van der Waals surface area (Å²) in [6, 6.07) is 17.6. The number of carbonyl (C=O) groups is 2. The Morgan fingerprint density at radius 2 is 1.31 bits per heavy atom. The van der Waals surface area contributed by atoms with Crippen LogP contribution in [0.15, 0.2) is 54.6 Å². The monoisotopic (exact) mass is 370 g/mol. The first kappa shape index (κ1) is 18.5. The van der Waals surface area contributed by atoms with Crippen LogP contribution in [0.4, 0.5) is 0 Å². The molecule has 2 amide bonds. The quantitative estimate of drug-likeness (QED) is 0.750. The second-order valence-electron chi connectivity index (χ2n) is 6.64. The maximum Gasteiger partial charge on any atom is 0.223 e. The zero-order valence-corrected chi connectivity index (χ0v) is 15.3. The van der Waals surface area contributed by atoms with Crippen LogP contribution >= 0.6 is 11.6 Å². The number of benzene rings is 2. The summed E-state index contributed by atoms with van der Waals surface area (Å²) in [5.41, 5.74) is 2.32. The molecule has 0 bridgehead atoms. The van der Waals surface area contributed by atoms with Crippen molar-refractivity contribution in [3.8, 4) is 0 Å². The minimum Gasteiger partial charge on any atom is -0.356 e. The van der Waals surface area contributed by atoms with E-state index in [1.54, 1.807) is 0 Å². The van der Waals surface area contributed by atoms with E-state index in [9.17, 15) is 9.59 Å². The first-order chi connectivity index (χ1) is 12.6. The fraction of sp³-hybridized carbons (Fsp3) is 0.333. The van der Waals surface area contributed by atoms with Crippen molar-refractivity contribution in [2.75, 3.05) is 13.1 Å². The highest BCUT2D eigenvalue weighted by Crippen LogP contribution is 2.38. The Hall–Kier alpha value is -2.33. The lowest BCUT2D eigenvalue weighted by molar-refractivity contribution is -0.127. The van der Waals surface area contributed by atoms with Crippen molar-refractivity contribution in [2.45, 2.75) is 19.3 Å². The van der Waals surface area contributed by atoms with Gasteiger partial charge in [-0.25, -0.2) is 0 Å². The Balaban J connectivity index is 1.32. The molecular weight excluding hydrogens is 348 g/mol. The number of nitrogens with one attached hydrogen (secondary N) is 2. The van der Waals surface area contributed by atoms with Crippen LogP contribution in [0, 0.1) is 11.8 Å². The summed E-state index contributed by atoms with van der Waals surface area (Å²) >= 11 is 5.85. The molecule has 4 nitrogen and oxygen atoms in total. The van der Waals surface area contributed by atoms with Crippen LogP contribution in [0.1, 0.15) is 17.5 Å². The number of carbonyl (C=O) groups excluding carboxylic acids is 2. The van der Waals surface area contributed by atoms with Gasteiger partial charge in [-0.1, -0.05) is 54.1 Å². The molecule has 1 aliphatic rings. The van der Waals surface area contributed by atoms with Crippen LogP contribution in [-0.4, -0.2) is 24.9 Å². The zero-order chi connectivity index (χ0) is 18.4. The standard InChI is InChI=1S/C21H23ClN2O2/c22-17-8-6-16(7-9-17)11-13-24-21(26)19-14-18(19)20(25)23-12-10-15-4-2-1-3-5-15/h1-9,18-19H,10-14H2,(H,23,25)(H,24,26). The number of hydrogen-bond donors (Lipinski definition) is 2. The fourth-order valence-corrected chi connectivity index (χ4v) is 3.12. The lowest BCUT2D eigenvalue weighted by Crippen LogP contribution is -2.32. The van der Waals surface area contributed by atoms with Gasteiger partial charge in [-0.15, -0.1) is 0 Å². The Labute approximate surface area is 158 Å². The van der Waals surface area contributed by atoms with Crippen molar-refractivity contribution < 1.29 is 9.59 Å². The van der Waals surface area contributed by atoms with E-state index in [0.717, 1.165) is 18.4 Å². The third-order valence-corrected chi connectivity index (χ3v) is 4.90. The molecule has 136 valence electrons. The van der Waals surface area contributed by atoms with Crippen molar-refractivity contribution in [1.29, 1.82) is 0 Å². The minimum absolute atomic E-state index is 0.0150. The molecule has 0 heterocycles. The maximum absolute atomic E-state index is 12.1. The topological polar surface area (TPSA) is 58.2 Å². The largest absolute Gasteiger partial charge is 0.356 e. The summed E-state index contributed by atoms with van der Waals surface area (Å²) in [6.07, 6.45) is 2.20. The molecule has 0 spiro atoms. The first-order valence-corrected chi connectivity index (χ1v) is 9.35. The highest BCUT2D eigenvalue weighted by atomic mass is 35.5.